The molecular formula is C29H24N6O4S. The number of imidazole rings is 1. The van der Waals surface area contributed by atoms with E-state index in [4.69, 9.17) is 10.5 Å². The largest absolute Gasteiger partial charge is 0.444 e. The van der Waals surface area contributed by atoms with Gasteiger partial charge in [-0.1, -0.05) is 42.5 Å². The van der Waals surface area contributed by atoms with Crippen LogP contribution in [0.15, 0.2) is 84.9 Å². The number of nitrogens with zero attached hydrogens (tertiary/aromatic N) is 4. The van der Waals surface area contributed by atoms with E-state index < -0.39 is 17.5 Å². The highest BCUT2D eigenvalue weighted by molar-refractivity contribution is 7.13. The molecule has 40 heavy (non-hydrogen) atoms. The lowest BCUT2D eigenvalue weighted by Crippen LogP contribution is -2.57. The molecule has 3 aromatic heterocycles. The number of esters is 1. The number of rotatable bonds is 8. The second-order valence-corrected chi connectivity index (χ2v) is 10.5. The molecule has 0 saturated heterocycles. The molecule has 5 aromatic rings. The van der Waals surface area contributed by atoms with Gasteiger partial charge in [0.25, 0.3) is 5.91 Å². The fraction of sp³-hybridized carbons (Fsp3) is 0.172. The Morgan fingerprint density at radius 2 is 1.93 bits per heavy atom. The summed E-state index contributed by atoms with van der Waals surface area (Å²) in [5.41, 5.74) is 6.02. The number of amides is 2. The van der Waals surface area contributed by atoms with Crippen LogP contribution in [0, 0.1) is 0 Å². The summed E-state index contributed by atoms with van der Waals surface area (Å²) in [6.45, 7) is 0. The lowest BCUT2D eigenvalue weighted by molar-refractivity contribution is -0.152. The molecule has 11 heteroatoms. The smallest absolute Gasteiger partial charge is 0.358 e. The first-order chi connectivity index (χ1) is 19.4. The summed E-state index contributed by atoms with van der Waals surface area (Å²) in [6, 6.07) is 17.2. The number of aromatic nitrogens is 4. The molecule has 2 amide bonds. The first kappa shape index (κ1) is 25.4. The highest BCUT2D eigenvalue weighted by Gasteiger charge is 2.53. The number of anilines is 1. The minimum Gasteiger partial charge on any atom is -0.444 e. The summed E-state index contributed by atoms with van der Waals surface area (Å²) in [6.07, 6.45) is 7.16. The van der Waals surface area contributed by atoms with E-state index in [1.165, 1.54) is 11.3 Å². The van der Waals surface area contributed by atoms with Crippen LogP contribution in [-0.4, -0.2) is 42.9 Å². The Morgan fingerprint density at radius 3 is 2.73 bits per heavy atom. The maximum atomic E-state index is 12.8. The second kappa shape index (κ2) is 10.3. The van der Waals surface area contributed by atoms with Crippen LogP contribution in [0.3, 0.4) is 0 Å². The fourth-order valence-electron chi connectivity index (χ4n) is 4.87. The third kappa shape index (κ3) is 4.94. The van der Waals surface area contributed by atoms with Gasteiger partial charge >= 0.3 is 5.97 Å². The first-order valence-electron chi connectivity index (χ1n) is 12.6. The predicted molar refractivity (Wildman–Crippen MR) is 149 cm³/mol. The molecule has 1 saturated carbocycles. The molecule has 0 spiro atoms. The van der Waals surface area contributed by atoms with Crippen molar-refractivity contribution >= 4 is 45.7 Å². The minimum atomic E-state index is -1.44. The Bertz CT molecular complexity index is 1720. The molecule has 0 unspecified atom stereocenters. The highest BCUT2D eigenvalue weighted by atomic mass is 32.1. The molecule has 6 rings (SSSR count). The van der Waals surface area contributed by atoms with Crippen LogP contribution >= 0.6 is 11.3 Å². The molecule has 10 nitrogen and oxygen atoms in total. The summed E-state index contributed by atoms with van der Waals surface area (Å²) < 4.78 is 7.39. The summed E-state index contributed by atoms with van der Waals surface area (Å²) >= 11 is 1.28. The van der Waals surface area contributed by atoms with Gasteiger partial charge in [0.1, 0.15) is 5.01 Å². The fourth-order valence-corrected chi connectivity index (χ4v) is 5.65. The molecule has 200 valence electrons. The number of ether oxygens (including phenoxy) is 1. The number of carbonyl (C=O) groups is 3. The van der Waals surface area contributed by atoms with Crippen molar-refractivity contribution in [1.82, 2.24) is 19.5 Å². The van der Waals surface area contributed by atoms with Crippen LogP contribution in [0.2, 0.25) is 0 Å². The number of hydrogen-bond donors (Lipinski definition) is 2. The molecule has 3 heterocycles. The molecule has 3 N–H and O–H groups in total. The molecular weight excluding hydrogens is 528 g/mol. The molecule has 1 aliphatic carbocycles. The first-order valence-corrected chi connectivity index (χ1v) is 13.5. The Labute approximate surface area is 232 Å². The monoisotopic (exact) mass is 552 g/mol. The van der Waals surface area contributed by atoms with Crippen LogP contribution in [-0.2, 0) is 20.7 Å². The van der Waals surface area contributed by atoms with Gasteiger partial charge in [0.2, 0.25) is 5.91 Å². The van der Waals surface area contributed by atoms with E-state index in [1.807, 2.05) is 48.5 Å². The number of nitrogens with two attached hydrogens (primary N) is 1. The van der Waals surface area contributed by atoms with Crippen molar-refractivity contribution in [2.75, 3.05) is 5.32 Å². The van der Waals surface area contributed by atoms with Gasteiger partial charge in [-0.3, -0.25) is 14.6 Å². The van der Waals surface area contributed by atoms with Crippen molar-refractivity contribution in [2.45, 2.75) is 30.9 Å². The number of fused-ring (bicyclic) bond motifs is 1. The Kier molecular flexibility index (Phi) is 6.56. The average Bonchev–Trinajstić information content (AvgIpc) is 3.61. The normalized spacial score (nSPS) is 18.1. The number of nitrogens with one attached hydrogen (secondary N) is 1. The molecule has 0 radical (unpaired) electrons. The van der Waals surface area contributed by atoms with E-state index in [1.54, 1.807) is 40.9 Å². The summed E-state index contributed by atoms with van der Waals surface area (Å²) in [7, 11) is 0. The van der Waals surface area contributed by atoms with Gasteiger partial charge in [-0.2, -0.15) is 0 Å². The Balaban J connectivity index is 1.08. The van der Waals surface area contributed by atoms with E-state index in [9.17, 15) is 14.4 Å². The zero-order chi connectivity index (χ0) is 27.7. The quantitative estimate of drug-likeness (QED) is 0.275. The highest BCUT2D eigenvalue weighted by Crippen LogP contribution is 2.45. The third-order valence-corrected chi connectivity index (χ3v) is 7.90. The Morgan fingerprint density at radius 1 is 1.10 bits per heavy atom. The van der Waals surface area contributed by atoms with Gasteiger partial charge in [0, 0.05) is 48.4 Å². The van der Waals surface area contributed by atoms with E-state index in [0.29, 0.717) is 10.8 Å². The topological polar surface area (TPSA) is 142 Å². The summed E-state index contributed by atoms with van der Waals surface area (Å²) in [5, 5.41) is 7.14. The number of pyridine rings is 1. The van der Waals surface area contributed by atoms with Crippen molar-refractivity contribution in [1.29, 1.82) is 0 Å². The number of benzene rings is 2. The molecule has 2 aromatic carbocycles. The van der Waals surface area contributed by atoms with E-state index in [-0.39, 0.29) is 36.9 Å². The number of primary amides is 1. The lowest BCUT2D eigenvalue weighted by Gasteiger charge is -2.44. The molecule has 0 bridgehead atoms. The van der Waals surface area contributed by atoms with Gasteiger partial charge in [0.15, 0.2) is 17.1 Å². The van der Waals surface area contributed by atoms with Crippen LogP contribution in [0.4, 0.5) is 5.82 Å². The van der Waals surface area contributed by atoms with Gasteiger partial charge in [-0.05, 0) is 28.5 Å². The zero-order valence-electron chi connectivity index (χ0n) is 21.2. The second-order valence-electron chi connectivity index (χ2n) is 9.66. The zero-order valence-corrected chi connectivity index (χ0v) is 22.0. The van der Waals surface area contributed by atoms with Crippen molar-refractivity contribution in [2.24, 2.45) is 5.73 Å². The Hall–Kier alpha value is -4.90. The summed E-state index contributed by atoms with van der Waals surface area (Å²) in [4.78, 5) is 50.6. The van der Waals surface area contributed by atoms with Gasteiger partial charge in [-0.15, -0.1) is 11.3 Å². The SMILES string of the molecule is NC(=O)C1(OC(=O)c2csc(-c3cccnc3)n2)CC(n2cnc(NC(=O)Cc3cccc4ccccc34)c2)C1. The van der Waals surface area contributed by atoms with E-state index in [0.717, 1.165) is 21.9 Å². The van der Waals surface area contributed by atoms with Crippen molar-refractivity contribution < 1.29 is 19.1 Å². The molecule has 0 aliphatic heterocycles. The van der Waals surface area contributed by atoms with Crippen LogP contribution in [0.5, 0.6) is 0 Å². The van der Waals surface area contributed by atoms with Gasteiger partial charge in [-0.25, -0.2) is 14.8 Å². The molecule has 1 fully saturated rings. The van der Waals surface area contributed by atoms with Crippen molar-refractivity contribution in [3.05, 3.63) is 96.2 Å². The van der Waals surface area contributed by atoms with Crippen molar-refractivity contribution in [3.63, 3.8) is 0 Å². The molecule has 0 atom stereocenters. The maximum absolute atomic E-state index is 12.8. The van der Waals surface area contributed by atoms with Crippen LogP contribution in [0.1, 0.15) is 34.9 Å². The average molecular weight is 553 g/mol. The van der Waals surface area contributed by atoms with Crippen LogP contribution < -0.4 is 11.1 Å². The van der Waals surface area contributed by atoms with Gasteiger partial charge in [0.05, 0.1) is 12.7 Å². The van der Waals surface area contributed by atoms with E-state index in [2.05, 4.69) is 20.3 Å². The maximum Gasteiger partial charge on any atom is 0.358 e. The van der Waals surface area contributed by atoms with E-state index >= 15 is 0 Å². The van der Waals surface area contributed by atoms with Gasteiger partial charge < -0.3 is 20.4 Å². The third-order valence-electron chi connectivity index (χ3n) is 7.01. The lowest BCUT2D eigenvalue weighted by atomic mass is 9.74. The number of carbonyl (C=O) groups excluding carboxylic acids is 3. The summed E-state index contributed by atoms with van der Waals surface area (Å²) in [5.74, 6) is -1.23. The molecule has 1 aliphatic rings. The number of hydrogen-bond acceptors (Lipinski definition) is 8. The number of thiazole rings is 1. The van der Waals surface area contributed by atoms with Crippen molar-refractivity contribution in [3.8, 4) is 10.6 Å². The standard InChI is InChI=1S/C29H24N6O4S/c30-28(38)29(39-27(37)23-16-40-26(33-23)20-8-4-10-31-14-20)12-21(13-29)35-15-24(32-17-35)34-25(36)11-19-7-3-6-18-5-1-2-9-22(18)19/h1-10,14-17,21H,11-13H2,(H2,30,38)(H,34,36). The predicted octanol–water partition coefficient (Wildman–Crippen LogP) is 4.15. The minimum absolute atomic E-state index is 0.103. The van der Waals surface area contributed by atoms with Crippen LogP contribution in [0.25, 0.3) is 21.3 Å².